The molecular formula is C25H41N3O. The Morgan fingerprint density at radius 3 is 2.86 bits per heavy atom. The Labute approximate surface area is 177 Å². The molecule has 4 nitrogen and oxygen atoms in total. The molecule has 0 bridgehead atoms. The number of aliphatic imine (C=N–C) groups is 1. The van der Waals surface area contributed by atoms with Crippen molar-refractivity contribution in [3.05, 3.63) is 23.8 Å². The third kappa shape index (κ3) is 5.80. The topological polar surface area (TPSA) is 36.9 Å². The zero-order valence-corrected chi connectivity index (χ0v) is 18.4. The fourth-order valence-electron chi connectivity index (χ4n) is 5.99. The lowest BCUT2D eigenvalue weighted by atomic mass is 9.72. The highest BCUT2D eigenvalue weighted by Crippen LogP contribution is 2.40. The van der Waals surface area contributed by atoms with Gasteiger partial charge < -0.3 is 4.74 Å². The lowest BCUT2D eigenvalue weighted by Gasteiger charge is -2.38. The van der Waals surface area contributed by atoms with Gasteiger partial charge in [0.2, 0.25) is 0 Å². The van der Waals surface area contributed by atoms with E-state index in [2.05, 4.69) is 34.7 Å². The molecule has 5 atom stereocenters. The molecule has 2 aliphatic heterocycles. The summed E-state index contributed by atoms with van der Waals surface area (Å²) in [5.41, 5.74) is 1.73. The van der Waals surface area contributed by atoms with Crippen LogP contribution in [0.25, 0.3) is 0 Å². The van der Waals surface area contributed by atoms with Crippen LogP contribution in [0, 0.1) is 17.8 Å². The Morgan fingerprint density at radius 1 is 1.10 bits per heavy atom. The molecule has 2 heterocycles. The summed E-state index contributed by atoms with van der Waals surface area (Å²) in [5, 5.41) is 3.58. The minimum absolute atomic E-state index is 0.225. The average molecular weight is 400 g/mol. The third-order valence-electron chi connectivity index (χ3n) is 7.71. The van der Waals surface area contributed by atoms with E-state index in [-0.39, 0.29) is 6.29 Å². The molecule has 4 aliphatic rings. The van der Waals surface area contributed by atoms with E-state index in [1.54, 1.807) is 5.57 Å². The fourth-order valence-corrected chi connectivity index (χ4v) is 5.99. The molecule has 0 aromatic rings. The number of nitrogens with zero attached hydrogens (tertiary/aromatic N) is 2. The Kier molecular flexibility index (Phi) is 7.98. The second kappa shape index (κ2) is 10.9. The minimum Gasteiger partial charge on any atom is -0.381 e. The average Bonchev–Trinajstić information content (AvgIpc) is 2.77. The molecule has 0 radical (unpaired) electrons. The van der Waals surface area contributed by atoms with Crippen LogP contribution >= 0.6 is 0 Å². The van der Waals surface area contributed by atoms with E-state index in [0.29, 0.717) is 6.10 Å². The summed E-state index contributed by atoms with van der Waals surface area (Å²) < 4.78 is 5.92. The van der Waals surface area contributed by atoms with Crippen molar-refractivity contribution in [3.8, 4) is 0 Å². The number of hydrogen-bond acceptors (Lipinski definition) is 4. The number of ether oxygens (including phenoxy) is 1. The molecule has 1 saturated heterocycles. The molecule has 2 aliphatic carbocycles. The normalized spacial score (nSPS) is 37.0. The van der Waals surface area contributed by atoms with Gasteiger partial charge in [-0.05, 0) is 75.5 Å². The molecule has 162 valence electrons. The quantitative estimate of drug-likeness (QED) is 0.667. The molecule has 0 saturated carbocycles. The Balaban J connectivity index is 1.33. The Hall–Kier alpha value is -0.970. The number of hydrogen-bond donors (Lipinski definition) is 1. The van der Waals surface area contributed by atoms with E-state index >= 15 is 0 Å². The molecule has 29 heavy (non-hydrogen) atoms. The van der Waals surface area contributed by atoms with Crippen molar-refractivity contribution in [2.45, 2.75) is 83.0 Å². The predicted molar refractivity (Wildman–Crippen MR) is 121 cm³/mol. The number of methoxy groups -OCH3 is 1. The van der Waals surface area contributed by atoms with Crippen molar-refractivity contribution in [3.63, 3.8) is 0 Å². The van der Waals surface area contributed by atoms with Crippen LogP contribution in [0.15, 0.2) is 28.8 Å². The van der Waals surface area contributed by atoms with Crippen LogP contribution in [0.1, 0.15) is 70.6 Å². The van der Waals surface area contributed by atoms with Crippen LogP contribution in [0.4, 0.5) is 0 Å². The smallest absolute Gasteiger partial charge is 0.155 e. The number of allylic oxidation sites excluding steroid dienone is 3. The maximum atomic E-state index is 5.92. The highest BCUT2D eigenvalue weighted by molar-refractivity contribution is 5.58. The van der Waals surface area contributed by atoms with E-state index in [1.165, 1.54) is 70.9 Å². The summed E-state index contributed by atoms with van der Waals surface area (Å²) in [6.07, 6.45) is 24.1. The molecule has 5 unspecified atom stereocenters. The second-order valence-electron chi connectivity index (χ2n) is 9.62. The summed E-state index contributed by atoms with van der Waals surface area (Å²) in [7, 11) is 1.92. The van der Waals surface area contributed by atoms with Crippen LogP contribution < -0.4 is 5.32 Å². The molecule has 0 aromatic carbocycles. The first kappa shape index (κ1) is 21.3. The Morgan fingerprint density at radius 2 is 2.07 bits per heavy atom. The largest absolute Gasteiger partial charge is 0.381 e. The number of nitrogens with one attached hydrogen (secondary N) is 1. The molecule has 4 rings (SSSR count). The van der Waals surface area contributed by atoms with Crippen LogP contribution in [0.3, 0.4) is 0 Å². The highest BCUT2D eigenvalue weighted by Gasteiger charge is 2.33. The van der Waals surface area contributed by atoms with Crippen LogP contribution in [-0.2, 0) is 4.74 Å². The van der Waals surface area contributed by atoms with E-state index in [0.717, 1.165) is 37.1 Å². The molecular weight excluding hydrogens is 358 g/mol. The van der Waals surface area contributed by atoms with Crippen molar-refractivity contribution in [1.29, 1.82) is 0 Å². The maximum Gasteiger partial charge on any atom is 0.155 e. The van der Waals surface area contributed by atoms with Gasteiger partial charge in [-0.3, -0.25) is 15.2 Å². The summed E-state index contributed by atoms with van der Waals surface area (Å²) in [6, 6.07) is 0. The van der Waals surface area contributed by atoms with Crippen molar-refractivity contribution in [2.24, 2.45) is 22.7 Å². The van der Waals surface area contributed by atoms with Crippen molar-refractivity contribution < 1.29 is 4.74 Å². The number of likely N-dealkylation sites (tertiary alicyclic amines) is 1. The van der Waals surface area contributed by atoms with E-state index in [1.807, 2.05) is 7.11 Å². The van der Waals surface area contributed by atoms with Crippen LogP contribution in [0.2, 0.25) is 0 Å². The lowest BCUT2D eigenvalue weighted by molar-refractivity contribution is 0.0203. The molecule has 0 spiro atoms. The van der Waals surface area contributed by atoms with E-state index < -0.39 is 0 Å². The summed E-state index contributed by atoms with van der Waals surface area (Å²) >= 11 is 0. The van der Waals surface area contributed by atoms with Crippen molar-refractivity contribution in [1.82, 2.24) is 10.2 Å². The molecule has 1 fully saturated rings. The lowest BCUT2D eigenvalue weighted by Crippen LogP contribution is -2.48. The fraction of sp³-hybridized carbons (Fsp3) is 0.800. The van der Waals surface area contributed by atoms with E-state index in [4.69, 9.17) is 9.73 Å². The van der Waals surface area contributed by atoms with Gasteiger partial charge >= 0.3 is 0 Å². The van der Waals surface area contributed by atoms with Gasteiger partial charge in [-0.25, -0.2) is 0 Å². The van der Waals surface area contributed by atoms with E-state index in [9.17, 15) is 0 Å². The zero-order chi connectivity index (χ0) is 19.9. The van der Waals surface area contributed by atoms with Gasteiger partial charge in [-0.15, -0.1) is 0 Å². The monoisotopic (exact) mass is 399 g/mol. The highest BCUT2D eigenvalue weighted by atomic mass is 16.5. The van der Waals surface area contributed by atoms with Crippen LogP contribution in [-0.4, -0.2) is 50.3 Å². The Bertz CT molecular complexity index is 599. The summed E-state index contributed by atoms with van der Waals surface area (Å²) in [5.74, 6) is 2.37. The standard InChI is InChI=1S/C25H41N3O/c1-29-24-12-11-21(19-23(24)22-9-3-2-4-10-22)18-20-8-5-6-16-28(17-13-20)25-26-14-7-15-27-25/h2-3,11,14,20,22-25,27H,4-10,12-13,15-19H2,1H3. The second-order valence-corrected chi connectivity index (χ2v) is 9.62. The van der Waals surface area contributed by atoms with Gasteiger partial charge in [0.15, 0.2) is 6.29 Å². The van der Waals surface area contributed by atoms with Gasteiger partial charge in [-0.2, -0.15) is 0 Å². The van der Waals surface area contributed by atoms with Crippen molar-refractivity contribution in [2.75, 3.05) is 26.7 Å². The van der Waals surface area contributed by atoms with Crippen molar-refractivity contribution >= 4 is 6.21 Å². The minimum atomic E-state index is 0.225. The molecule has 0 aromatic heterocycles. The number of rotatable bonds is 5. The van der Waals surface area contributed by atoms with Gasteiger partial charge in [0.1, 0.15) is 0 Å². The predicted octanol–water partition coefficient (Wildman–Crippen LogP) is 4.92. The third-order valence-corrected chi connectivity index (χ3v) is 7.71. The first-order valence-corrected chi connectivity index (χ1v) is 12.2. The zero-order valence-electron chi connectivity index (χ0n) is 18.4. The van der Waals surface area contributed by atoms with Gasteiger partial charge in [0, 0.05) is 33.0 Å². The van der Waals surface area contributed by atoms with Gasteiger partial charge in [-0.1, -0.05) is 36.6 Å². The van der Waals surface area contributed by atoms with Crippen LogP contribution in [0.5, 0.6) is 0 Å². The summed E-state index contributed by atoms with van der Waals surface area (Å²) in [6.45, 7) is 3.45. The first-order chi connectivity index (χ1) is 14.3. The first-order valence-electron chi connectivity index (χ1n) is 12.2. The SMILES string of the molecule is COC1CC=C(CC2CCCCN(C3N=CCCN3)CC2)CC1C1CC=CCC1. The molecule has 0 amide bonds. The summed E-state index contributed by atoms with van der Waals surface area (Å²) in [4.78, 5) is 7.28. The van der Waals surface area contributed by atoms with Gasteiger partial charge in [0.25, 0.3) is 0 Å². The van der Waals surface area contributed by atoms with Gasteiger partial charge in [0.05, 0.1) is 6.10 Å². The molecule has 1 N–H and O–H groups in total. The molecule has 4 heteroatoms. The maximum absolute atomic E-state index is 5.92.